The summed E-state index contributed by atoms with van der Waals surface area (Å²) in [6, 6.07) is 8.44. The Labute approximate surface area is 123 Å². The molecule has 4 nitrogen and oxygen atoms in total. The maximum absolute atomic E-state index is 11.6. The number of hydrogen-bond donors (Lipinski definition) is 1. The molecule has 0 bridgehead atoms. The molecular formula is C15H22N2O2S. The average molecular weight is 294 g/mol. The molecule has 1 fully saturated rings. The van der Waals surface area contributed by atoms with Crippen molar-refractivity contribution < 1.29 is 9.00 Å². The van der Waals surface area contributed by atoms with Crippen LogP contribution >= 0.6 is 0 Å². The zero-order chi connectivity index (χ0) is 14.5. The van der Waals surface area contributed by atoms with Gasteiger partial charge in [-0.3, -0.25) is 9.00 Å². The van der Waals surface area contributed by atoms with Crippen molar-refractivity contribution in [3.8, 4) is 0 Å². The van der Waals surface area contributed by atoms with Crippen LogP contribution in [0, 0.1) is 0 Å². The van der Waals surface area contributed by atoms with Crippen LogP contribution in [0.5, 0.6) is 0 Å². The first-order valence-corrected chi connectivity index (χ1v) is 8.44. The van der Waals surface area contributed by atoms with E-state index in [2.05, 4.69) is 5.32 Å². The smallest absolute Gasteiger partial charge is 0.226 e. The fraction of sp³-hybridized carbons (Fsp3) is 0.533. The van der Waals surface area contributed by atoms with Crippen molar-refractivity contribution in [2.24, 2.45) is 0 Å². The lowest BCUT2D eigenvalue weighted by Crippen LogP contribution is -2.29. The lowest BCUT2D eigenvalue weighted by molar-refractivity contribution is -0.127. The highest BCUT2D eigenvalue weighted by atomic mass is 32.2. The minimum absolute atomic E-state index is 0.112. The molecule has 110 valence electrons. The number of benzene rings is 1. The summed E-state index contributed by atoms with van der Waals surface area (Å²) in [6.45, 7) is 0. The molecule has 1 heterocycles. The van der Waals surface area contributed by atoms with Crippen LogP contribution in [0.25, 0.3) is 0 Å². The van der Waals surface area contributed by atoms with E-state index in [1.165, 1.54) is 0 Å². The molecule has 1 N–H and O–H groups in total. The van der Waals surface area contributed by atoms with Gasteiger partial charge in [0.15, 0.2) is 0 Å². The highest BCUT2D eigenvalue weighted by molar-refractivity contribution is 7.85. The fourth-order valence-corrected chi connectivity index (χ4v) is 3.52. The van der Waals surface area contributed by atoms with Gasteiger partial charge in [0.05, 0.1) is 6.42 Å². The summed E-state index contributed by atoms with van der Waals surface area (Å²) in [5, 5.41) is 3.47. The van der Waals surface area contributed by atoms with Gasteiger partial charge in [-0.25, -0.2) is 0 Å². The van der Waals surface area contributed by atoms with Crippen LogP contribution in [0.15, 0.2) is 24.3 Å². The van der Waals surface area contributed by atoms with E-state index < -0.39 is 10.8 Å². The topological polar surface area (TPSA) is 49.4 Å². The number of rotatable bonds is 4. The van der Waals surface area contributed by atoms with Gasteiger partial charge >= 0.3 is 0 Å². The molecule has 0 spiro atoms. The van der Waals surface area contributed by atoms with Crippen LogP contribution in [-0.2, 0) is 22.0 Å². The number of nitrogens with zero attached hydrogens (tertiary/aromatic N) is 1. The Hall–Kier alpha value is -1.36. The molecule has 1 aromatic rings. The van der Waals surface area contributed by atoms with Crippen molar-refractivity contribution in [1.82, 2.24) is 4.90 Å². The summed E-state index contributed by atoms with van der Waals surface area (Å²) in [6.07, 6.45) is 2.37. The number of hydrogen-bond acceptors (Lipinski definition) is 3. The van der Waals surface area contributed by atoms with E-state index in [1.807, 2.05) is 24.3 Å². The first kappa shape index (κ1) is 15.0. The standard InChI is InChI=1S/C15H22N2O2S/c1-17(2)15(18)11-12-3-5-13(6-4-12)16-14-7-9-20(19)10-8-14/h3-6,14,16H,7-11H2,1-2H3. The molecule has 0 atom stereocenters. The molecule has 1 aromatic carbocycles. The third-order valence-corrected chi connectivity index (χ3v) is 4.95. The van der Waals surface area contributed by atoms with Crippen LogP contribution in [0.2, 0.25) is 0 Å². The fourth-order valence-electron chi connectivity index (χ4n) is 2.23. The number of anilines is 1. The van der Waals surface area contributed by atoms with Gasteiger partial charge in [-0.05, 0) is 30.5 Å². The highest BCUT2D eigenvalue weighted by Gasteiger charge is 2.17. The molecule has 20 heavy (non-hydrogen) atoms. The number of amides is 1. The van der Waals surface area contributed by atoms with Crippen molar-refractivity contribution in [3.05, 3.63) is 29.8 Å². The minimum Gasteiger partial charge on any atom is -0.382 e. The van der Waals surface area contributed by atoms with Crippen molar-refractivity contribution in [1.29, 1.82) is 0 Å². The first-order valence-electron chi connectivity index (χ1n) is 6.95. The number of likely N-dealkylation sites (N-methyl/N-ethyl adjacent to an activating group) is 1. The molecular weight excluding hydrogens is 272 g/mol. The lowest BCUT2D eigenvalue weighted by atomic mass is 10.1. The molecule has 0 saturated carbocycles. The third kappa shape index (κ3) is 4.34. The first-order chi connectivity index (χ1) is 9.54. The van der Waals surface area contributed by atoms with E-state index in [-0.39, 0.29) is 5.91 Å². The quantitative estimate of drug-likeness (QED) is 0.918. The van der Waals surface area contributed by atoms with E-state index in [0.29, 0.717) is 12.5 Å². The van der Waals surface area contributed by atoms with Crippen molar-refractivity contribution in [2.45, 2.75) is 25.3 Å². The molecule has 1 aliphatic rings. The Kier molecular flexibility index (Phi) is 5.17. The zero-order valence-corrected chi connectivity index (χ0v) is 12.9. The molecule has 1 aliphatic heterocycles. The average Bonchev–Trinajstić information content (AvgIpc) is 2.43. The number of carbonyl (C=O) groups is 1. The van der Waals surface area contributed by atoms with Crippen LogP contribution < -0.4 is 5.32 Å². The Morgan fingerprint density at radius 1 is 1.25 bits per heavy atom. The normalized spacial score (nSPS) is 22.3. The van der Waals surface area contributed by atoms with Gasteiger partial charge in [0.1, 0.15) is 0 Å². The van der Waals surface area contributed by atoms with Gasteiger partial charge in [-0.15, -0.1) is 0 Å². The molecule has 0 aromatic heterocycles. The summed E-state index contributed by atoms with van der Waals surface area (Å²) in [5.74, 6) is 1.71. The molecule has 1 amide bonds. The van der Waals surface area contributed by atoms with Gasteiger partial charge in [0.2, 0.25) is 5.91 Å². The molecule has 5 heteroatoms. The van der Waals surface area contributed by atoms with Crippen molar-refractivity contribution in [2.75, 3.05) is 30.9 Å². The van der Waals surface area contributed by atoms with Crippen LogP contribution in [-0.4, -0.2) is 46.7 Å². The Morgan fingerprint density at radius 3 is 2.40 bits per heavy atom. The van der Waals surface area contributed by atoms with E-state index in [4.69, 9.17) is 0 Å². The summed E-state index contributed by atoms with van der Waals surface area (Å²) in [4.78, 5) is 13.2. The maximum atomic E-state index is 11.6. The molecule has 2 rings (SSSR count). The number of nitrogens with one attached hydrogen (secondary N) is 1. The second-order valence-electron chi connectivity index (χ2n) is 5.43. The van der Waals surface area contributed by atoms with Crippen LogP contribution in [0.4, 0.5) is 5.69 Å². The van der Waals surface area contributed by atoms with Gasteiger partial charge in [0.25, 0.3) is 0 Å². The largest absolute Gasteiger partial charge is 0.382 e. The predicted octanol–water partition coefficient (Wildman–Crippen LogP) is 1.64. The minimum atomic E-state index is -0.616. The Bertz CT molecular complexity index is 475. The van der Waals surface area contributed by atoms with E-state index in [1.54, 1.807) is 19.0 Å². The summed E-state index contributed by atoms with van der Waals surface area (Å²) in [5.41, 5.74) is 2.10. The molecule has 0 aliphatic carbocycles. The van der Waals surface area contributed by atoms with E-state index in [9.17, 15) is 9.00 Å². The van der Waals surface area contributed by atoms with Gasteiger partial charge in [-0.1, -0.05) is 12.1 Å². The van der Waals surface area contributed by atoms with Gasteiger partial charge < -0.3 is 10.2 Å². The molecule has 1 saturated heterocycles. The van der Waals surface area contributed by atoms with Crippen LogP contribution in [0.1, 0.15) is 18.4 Å². The second kappa shape index (κ2) is 6.88. The van der Waals surface area contributed by atoms with Crippen molar-refractivity contribution >= 4 is 22.4 Å². The Balaban J connectivity index is 1.88. The van der Waals surface area contributed by atoms with E-state index in [0.717, 1.165) is 35.6 Å². The van der Waals surface area contributed by atoms with Crippen molar-refractivity contribution in [3.63, 3.8) is 0 Å². The lowest BCUT2D eigenvalue weighted by Gasteiger charge is -2.23. The summed E-state index contributed by atoms with van der Waals surface area (Å²) in [7, 11) is 2.92. The SMILES string of the molecule is CN(C)C(=O)Cc1ccc(NC2CCS(=O)CC2)cc1. The summed E-state index contributed by atoms with van der Waals surface area (Å²) >= 11 is 0. The number of carbonyl (C=O) groups excluding carboxylic acids is 1. The van der Waals surface area contributed by atoms with Gasteiger partial charge in [-0.2, -0.15) is 0 Å². The molecule has 0 radical (unpaired) electrons. The third-order valence-electron chi connectivity index (χ3n) is 3.57. The Morgan fingerprint density at radius 2 is 1.85 bits per heavy atom. The maximum Gasteiger partial charge on any atom is 0.226 e. The molecule has 0 unspecified atom stereocenters. The van der Waals surface area contributed by atoms with E-state index >= 15 is 0 Å². The monoisotopic (exact) mass is 294 g/mol. The van der Waals surface area contributed by atoms with Crippen LogP contribution in [0.3, 0.4) is 0 Å². The predicted molar refractivity (Wildman–Crippen MR) is 83.4 cm³/mol. The summed E-state index contributed by atoms with van der Waals surface area (Å²) < 4.78 is 11.3. The highest BCUT2D eigenvalue weighted by Crippen LogP contribution is 2.17. The van der Waals surface area contributed by atoms with Gasteiger partial charge in [0, 0.05) is 48.1 Å². The second-order valence-corrected chi connectivity index (χ2v) is 7.12. The zero-order valence-electron chi connectivity index (χ0n) is 12.1.